The Morgan fingerprint density at radius 1 is 0.920 bits per heavy atom. The predicted octanol–water partition coefficient (Wildman–Crippen LogP) is 2.50. The van der Waals surface area contributed by atoms with Gasteiger partial charge in [0.25, 0.3) is 0 Å². The number of urea groups is 1. The molecule has 2 aliphatic heterocycles. The van der Waals surface area contributed by atoms with Gasteiger partial charge >= 0.3 is 6.03 Å². The summed E-state index contributed by atoms with van der Waals surface area (Å²) in [5.41, 5.74) is 0.622. The maximum absolute atomic E-state index is 12.4. The molecule has 0 unspecified atom stereocenters. The molecule has 6 nitrogen and oxygen atoms in total. The monoisotopic (exact) mass is 364 g/mol. The zero-order chi connectivity index (χ0) is 17.6. The first kappa shape index (κ1) is 18.0. The number of anilines is 1. The van der Waals surface area contributed by atoms with E-state index in [2.05, 4.69) is 10.2 Å². The normalized spacial score (nSPS) is 18.9. The van der Waals surface area contributed by atoms with Crippen LogP contribution in [0.5, 0.6) is 0 Å². The third kappa shape index (κ3) is 4.86. The Balaban J connectivity index is 1.44. The molecule has 2 aliphatic rings. The van der Waals surface area contributed by atoms with Crippen molar-refractivity contribution in [1.29, 1.82) is 0 Å². The smallest absolute Gasteiger partial charge is 0.321 e. The number of hydrogen-bond acceptors (Lipinski definition) is 3. The first-order chi connectivity index (χ1) is 12.1. The number of hydrogen-bond donors (Lipinski definition) is 1. The van der Waals surface area contributed by atoms with E-state index in [-0.39, 0.29) is 11.9 Å². The molecule has 2 heterocycles. The highest BCUT2D eigenvalue weighted by molar-refractivity contribution is 6.33. The van der Waals surface area contributed by atoms with E-state index in [1.54, 1.807) is 17.0 Å². The van der Waals surface area contributed by atoms with E-state index in [4.69, 9.17) is 11.6 Å². The summed E-state index contributed by atoms with van der Waals surface area (Å²) >= 11 is 6.08. The molecule has 0 atom stereocenters. The lowest BCUT2D eigenvalue weighted by Gasteiger charge is -2.36. The van der Waals surface area contributed by atoms with E-state index in [0.717, 1.165) is 39.0 Å². The highest BCUT2D eigenvalue weighted by Gasteiger charge is 2.25. The van der Waals surface area contributed by atoms with Gasteiger partial charge in [0.05, 0.1) is 17.3 Å². The molecule has 0 bridgehead atoms. The number of piperidine rings is 1. The zero-order valence-corrected chi connectivity index (χ0v) is 15.2. The van der Waals surface area contributed by atoms with Crippen molar-refractivity contribution in [2.75, 3.05) is 51.1 Å². The molecule has 3 rings (SSSR count). The lowest BCUT2D eigenvalue weighted by Crippen LogP contribution is -2.52. The van der Waals surface area contributed by atoms with Crippen LogP contribution in [-0.4, -0.2) is 72.5 Å². The average Bonchev–Trinajstić information content (AvgIpc) is 2.65. The number of carbonyl (C=O) groups excluding carboxylic acids is 2. The Bertz CT molecular complexity index is 611. The van der Waals surface area contributed by atoms with Crippen LogP contribution in [0, 0.1) is 0 Å². The van der Waals surface area contributed by atoms with Crippen LogP contribution in [0.2, 0.25) is 5.02 Å². The van der Waals surface area contributed by atoms with Gasteiger partial charge in [0, 0.05) is 39.3 Å². The van der Waals surface area contributed by atoms with Crippen LogP contribution in [0.1, 0.15) is 19.3 Å². The van der Waals surface area contributed by atoms with E-state index in [0.29, 0.717) is 30.3 Å². The van der Waals surface area contributed by atoms with Gasteiger partial charge in [-0.05, 0) is 31.4 Å². The number of para-hydroxylation sites is 1. The Morgan fingerprint density at radius 2 is 1.60 bits per heavy atom. The highest BCUT2D eigenvalue weighted by atomic mass is 35.5. The van der Waals surface area contributed by atoms with Gasteiger partial charge in [0.2, 0.25) is 5.91 Å². The summed E-state index contributed by atoms with van der Waals surface area (Å²) in [5, 5.41) is 3.38. The summed E-state index contributed by atoms with van der Waals surface area (Å²) in [4.78, 5) is 30.6. The summed E-state index contributed by atoms with van der Waals surface area (Å²) < 4.78 is 0. The second-order valence-electron chi connectivity index (χ2n) is 6.61. The van der Waals surface area contributed by atoms with E-state index >= 15 is 0 Å². The molecule has 0 saturated carbocycles. The summed E-state index contributed by atoms with van der Waals surface area (Å²) in [5.74, 6) is 0.216. The molecule has 0 aromatic heterocycles. The van der Waals surface area contributed by atoms with Gasteiger partial charge in [-0.25, -0.2) is 4.79 Å². The van der Waals surface area contributed by atoms with Gasteiger partial charge in [0.1, 0.15) is 0 Å². The number of nitrogens with zero attached hydrogens (tertiary/aromatic N) is 3. The fourth-order valence-corrected chi connectivity index (χ4v) is 3.48. The summed E-state index contributed by atoms with van der Waals surface area (Å²) in [7, 11) is 0. The third-order valence-electron chi connectivity index (χ3n) is 4.84. The minimum atomic E-state index is -0.143. The lowest BCUT2D eigenvalue weighted by molar-refractivity contribution is -0.133. The quantitative estimate of drug-likeness (QED) is 0.896. The van der Waals surface area contributed by atoms with Crippen LogP contribution in [0.15, 0.2) is 24.3 Å². The van der Waals surface area contributed by atoms with Gasteiger partial charge in [-0.3, -0.25) is 9.69 Å². The van der Waals surface area contributed by atoms with E-state index < -0.39 is 0 Å². The lowest BCUT2D eigenvalue weighted by atomic mass is 10.1. The Kier molecular flexibility index (Phi) is 6.15. The van der Waals surface area contributed by atoms with Gasteiger partial charge in [0.15, 0.2) is 0 Å². The first-order valence-electron chi connectivity index (χ1n) is 8.94. The van der Waals surface area contributed by atoms with Gasteiger partial charge in [-0.2, -0.15) is 0 Å². The Hall–Kier alpha value is -1.79. The fourth-order valence-electron chi connectivity index (χ4n) is 3.30. The highest BCUT2D eigenvalue weighted by Crippen LogP contribution is 2.21. The number of rotatable bonds is 3. The van der Waals surface area contributed by atoms with Crippen molar-refractivity contribution in [3.63, 3.8) is 0 Å². The molecule has 2 saturated heterocycles. The molecular formula is C18H25ClN4O2. The zero-order valence-electron chi connectivity index (χ0n) is 14.4. The molecule has 0 radical (unpaired) electrons. The summed E-state index contributed by atoms with van der Waals surface area (Å²) in [6.45, 7) is 4.90. The standard InChI is InChI=1S/C18H25ClN4O2/c19-15-6-2-3-7-16(15)20-18(25)23-12-10-21(11-13-23)14-17(24)22-8-4-1-5-9-22/h2-3,6-7H,1,4-5,8-14H2,(H,20,25). The molecule has 2 fully saturated rings. The van der Waals surface area contributed by atoms with Crippen molar-refractivity contribution >= 4 is 29.2 Å². The van der Waals surface area contributed by atoms with Crippen LogP contribution in [0.4, 0.5) is 10.5 Å². The molecule has 1 aromatic carbocycles. The van der Waals surface area contributed by atoms with Gasteiger partial charge in [-0.15, -0.1) is 0 Å². The maximum Gasteiger partial charge on any atom is 0.321 e. The van der Waals surface area contributed by atoms with Crippen molar-refractivity contribution in [3.8, 4) is 0 Å². The molecule has 136 valence electrons. The Labute approximate surface area is 153 Å². The molecule has 0 spiro atoms. The average molecular weight is 365 g/mol. The molecular weight excluding hydrogens is 340 g/mol. The molecule has 1 aromatic rings. The number of carbonyl (C=O) groups is 2. The molecule has 1 N–H and O–H groups in total. The number of likely N-dealkylation sites (tertiary alicyclic amines) is 1. The number of halogens is 1. The third-order valence-corrected chi connectivity index (χ3v) is 5.17. The molecule has 3 amide bonds. The molecule has 7 heteroatoms. The minimum absolute atomic E-state index is 0.143. The van der Waals surface area contributed by atoms with Crippen LogP contribution in [0.3, 0.4) is 0 Å². The maximum atomic E-state index is 12.4. The predicted molar refractivity (Wildman–Crippen MR) is 98.9 cm³/mol. The second-order valence-corrected chi connectivity index (χ2v) is 7.02. The van der Waals surface area contributed by atoms with Gasteiger partial charge < -0.3 is 15.1 Å². The largest absolute Gasteiger partial charge is 0.342 e. The summed E-state index contributed by atoms with van der Waals surface area (Å²) in [6, 6.07) is 7.06. The van der Waals surface area contributed by atoms with Gasteiger partial charge in [-0.1, -0.05) is 23.7 Å². The Morgan fingerprint density at radius 3 is 2.28 bits per heavy atom. The molecule has 25 heavy (non-hydrogen) atoms. The van der Waals surface area contributed by atoms with Crippen molar-refractivity contribution in [1.82, 2.24) is 14.7 Å². The first-order valence-corrected chi connectivity index (χ1v) is 9.32. The number of nitrogens with one attached hydrogen (secondary N) is 1. The fraction of sp³-hybridized carbons (Fsp3) is 0.556. The SMILES string of the molecule is O=C(CN1CCN(C(=O)Nc2ccccc2Cl)CC1)N1CCCCC1. The van der Waals surface area contributed by atoms with E-state index in [1.165, 1.54) is 6.42 Å². The van der Waals surface area contributed by atoms with Crippen LogP contribution in [0.25, 0.3) is 0 Å². The van der Waals surface area contributed by atoms with Crippen molar-refractivity contribution in [3.05, 3.63) is 29.3 Å². The minimum Gasteiger partial charge on any atom is -0.342 e. The van der Waals surface area contributed by atoms with Crippen LogP contribution >= 0.6 is 11.6 Å². The van der Waals surface area contributed by atoms with E-state index in [1.807, 2.05) is 17.0 Å². The van der Waals surface area contributed by atoms with E-state index in [9.17, 15) is 9.59 Å². The second kappa shape index (κ2) is 8.54. The molecule has 0 aliphatic carbocycles. The number of benzene rings is 1. The van der Waals surface area contributed by atoms with Crippen molar-refractivity contribution in [2.45, 2.75) is 19.3 Å². The van der Waals surface area contributed by atoms with Crippen LogP contribution in [-0.2, 0) is 4.79 Å². The number of amides is 3. The van der Waals surface area contributed by atoms with Crippen molar-refractivity contribution < 1.29 is 9.59 Å². The number of piperazine rings is 1. The van der Waals surface area contributed by atoms with Crippen molar-refractivity contribution in [2.24, 2.45) is 0 Å². The topological polar surface area (TPSA) is 55.9 Å². The summed E-state index contributed by atoms with van der Waals surface area (Å²) in [6.07, 6.45) is 3.45. The van der Waals surface area contributed by atoms with Crippen LogP contribution < -0.4 is 5.32 Å².